The van der Waals surface area contributed by atoms with Gasteiger partial charge in [0.15, 0.2) is 11.5 Å². The van der Waals surface area contributed by atoms with Crippen LogP contribution in [0.15, 0.2) is 48.5 Å². The van der Waals surface area contributed by atoms with E-state index < -0.39 is 0 Å². The van der Waals surface area contributed by atoms with Crippen molar-refractivity contribution in [1.29, 1.82) is 0 Å². The Morgan fingerprint density at radius 3 is 2.33 bits per heavy atom. The number of amides is 1. The summed E-state index contributed by atoms with van der Waals surface area (Å²) in [6.07, 6.45) is 0.866. The van der Waals surface area contributed by atoms with E-state index in [0.717, 1.165) is 59.9 Å². The monoisotopic (exact) mass is 423 g/mol. The Kier molecular flexibility index (Phi) is 6.04. The second-order valence-corrected chi connectivity index (χ2v) is 8.03. The highest BCUT2D eigenvalue weighted by atomic mass is 35.5. The maximum atomic E-state index is 12.7. The molecule has 30 heavy (non-hydrogen) atoms. The average Bonchev–Trinajstić information content (AvgIpc) is 2.78. The van der Waals surface area contributed by atoms with Crippen LogP contribution in [0.25, 0.3) is 10.8 Å². The maximum absolute atomic E-state index is 12.7. The highest BCUT2D eigenvalue weighted by molar-refractivity contribution is 6.33. The second-order valence-electron chi connectivity index (χ2n) is 7.63. The van der Waals surface area contributed by atoms with E-state index in [1.807, 2.05) is 56.3 Å². The van der Waals surface area contributed by atoms with E-state index in [2.05, 4.69) is 31.4 Å². The van der Waals surface area contributed by atoms with Crippen LogP contribution in [0.3, 0.4) is 0 Å². The number of benzene rings is 2. The molecule has 156 valence electrons. The normalized spacial score (nSPS) is 15.3. The van der Waals surface area contributed by atoms with Crippen LogP contribution in [0.4, 0.5) is 11.5 Å². The van der Waals surface area contributed by atoms with Gasteiger partial charge in [-0.25, -0.2) is 0 Å². The Labute approximate surface area is 181 Å². The van der Waals surface area contributed by atoms with E-state index in [0.29, 0.717) is 5.69 Å². The lowest BCUT2D eigenvalue weighted by Crippen LogP contribution is -2.47. The number of halogens is 1. The molecule has 0 aliphatic carbocycles. The third-order valence-corrected chi connectivity index (χ3v) is 5.96. The van der Waals surface area contributed by atoms with Gasteiger partial charge in [0, 0.05) is 43.0 Å². The van der Waals surface area contributed by atoms with Gasteiger partial charge in [-0.15, -0.1) is 10.2 Å². The Morgan fingerprint density at radius 2 is 1.63 bits per heavy atom. The molecule has 2 heterocycles. The SMILES string of the molecule is CCC(C)NC(=O)c1nnc(N2CCN(c3ccccc3Cl)CC2)c2ccccc12. The van der Waals surface area contributed by atoms with Crippen LogP contribution in [-0.2, 0) is 0 Å². The van der Waals surface area contributed by atoms with Gasteiger partial charge in [-0.05, 0) is 25.5 Å². The number of hydrogen-bond donors (Lipinski definition) is 1. The van der Waals surface area contributed by atoms with E-state index in [1.165, 1.54) is 0 Å². The van der Waals surface area contributed by atoms with Gasteiger partial charge in [-0.1, -0.05) is 54.9 Å². The number of rotatable bonds is 5. The van der Waals surface area contributed by atoms with Crippen molar-refractivity contribution < 1.29 is 4.79 Å². The van der Waals surface area contributed by atoms with Gasteiger partial charge in [0.1, 0.15) is 0 Å². The van der Waals surface area contributed by atoms with Crippen molar-refractivity contribution in [3.05, 3.63) is 59.2 Å². The molecular weight excluding hydrogens is 398 g/mol. The van der Waals surface area contributed by atoms with Gasteiger partial charge >= 0.3 is 0 Å². The number of carbonyl (C=O) groups excluding carboxylic acids is 1. The number of hydrogen-bond acceptors (Lipinski definition) is 5. The van der Waals surface area contributed by atoms with Gasteiger partial charge < -0.3 is 15.1 Å². The fourth-order valence-corrected chi connectivity index (χ4v) is 4.01. The Balaban J connectivity index is 1.58. The molecule has 1 aliphatic heterocycles. The fourth-order valence-electron chi connectivity index (χ4n) is 3.75. The number of carbonyl (C=O) groups is 1. The van der Waals surface area contributed by atoms with Crippen LogP contribution in [0, 0.1) is 0 Å². The number of piperazine rings is 1. The molecule has 7 heteroatoms. The quantitative estimate of drug-likeness (QED) is 0.668. The van der Waals surface area contributed by atoms with Gasteiger partial charge in [0.2, 0.25) is 0 Å². The van der Waals surface area contributed by atoms with E-state index in [4.69, 9.17) is 11.6 Å². The van der Waals surface area contributed by atoms with Crippen LogP contribution in [0.5, 0.6) is 0 Å². The van der Waals surface area contributed by atoms with Crippen molar-refractivity contribution in [2.75, 3.05) is 36.0 Å². The minimum Gasteiger partial charge on any atom is -0.367 e. The van der Waals surface area contributed by atoms with Crippen molar-refractivity contribution >= 4 is 39.8 Å². The highest BCUT2D eigenvalue weighted by Crippen LogP contribution is 2.29. The van der Waals surface area contributed by atoms with Crippen molar-refractivity contribution in [3.63, 3.8) is 0 Å². The summed E-state index contributed by atoms with van der Waals surface area (Å²) >= 11 is 6.37. The minimum atomic E-state index is -0.178. The van der Waals surface area contributed by atoms with Crippen molar-refractivity contribution in [2.24, 2.45) is 0 Å². The summed E-state index contributed by atoms with van der Waals surface area (Å²) in [7, 11) is 0. The molecule has 1 atom stereocenters. The van der Waals surface area contributed by atoms with Gasteiger partial charge in [0.05, 0.1) is 10.7 Å². The average molecular weight is 424 g/mol. The summed E-state index contributed by atoms with van der Waals surface area (Å²) < 4.78 is 0. The molecule has 0 spiro atoms. The first-order chi connectivity index (χ1) is 14.6. The van der Waals surface area contributed by atoms with Crippen LogP contribution in [0.2, 0.25) is 5.02 Å². The Morgan fingerprint density at radius 1 is 1.00 bits per heavy atom. The first-order valence-electron chi connectivity index (χ1n) is 10.4. The van der Waals surface area contributed by atoms with Crippen LogP contribution in [-0.4, -0.2) is 48.3 Å². The summed E-state index contributed by atoms with van der Waals surface area (Å²) in [4.78, 5) is 17.2. The molecule has 1 fully saturated rings. The van der Waals surface area contributed by atoms with Crippen molar-refractivity contribution in [1.82, 2.24) is 15.5 Å². The largest absolute Gasteiger partial charge is 0.367 e. The molecule has 1 aliphatic rings. The standard InChI is InChI=1S/C23H26ClN5O/c1-3-16(2)25-23(30)21-17-8-4-5-9-18(17)22(27-26-21)29-14-12-28(13-15-29)20-11-7-6-10-19(20)24/h4-11,16H,3,12-15H2,1-2H3,(H,25,30). The lowest BCUT2D eigenvalue weighted by atomic mass is 10.1. The molecule has 3 aromatic rings. The molecular formula is C23H26ClN5O. The van der Waals surface area contributed by atoms with E-state index in [9.17, 15) is 4.79 Å². The summed E-state index contributed by atoms with van der Waals surface area (Å²) in [5.41, 5.74) is 1.44. The third-order valence-electron chi connectivity index (χ3n) is 5.65. The lowest BCUT2D eigenvalue weighted by Gasteiger charge is -2.37. The molecule has 1 unspecified atom stereocenters. The smallest absolute Gasteiger partial charge is 0.272 e. The molecule has 4 rings (SSSR count). The summed E-state index contributed by atoms with van der Waals surface area (Å²) in [6.45, 7) is 7.33. The molecule has 0 radical (unpaired) electrons. The summed E-state index contributed by atoms with van der Waals surface area (Å²) in [5.74, 6) is 0.646. The molecule has 1 amide bonds. The zero-order chi connectivity index (χ0) is 21.1. The third kappa shape index (κ3) is 4.05. The molecule has 0 bridgehead atoms. The van der Waals surface area contributed by atoms with E-state index in [-0.39, 0.29) is 11.9 Å². The number of nitrogens with zero attached hydrogens (tertiary/aromatic N) is 4. The minimum absolute atomic E-state index is 0.0932. The van der Waals surface area contributed by atoms with E-state index in [1.54, 1.807) is 0 Å². The number of fused-ring (bicyclic) bond motifs is 1. The molecule has 1 saturated heterocycles. The predicted molar refractivity (Wildman–Crippen MR) is 123 cm³/mol. The predicted octanol–water partition coefficient (Wildman–Crippen LogP) is 4.14. The first kappa shape index (κ1) is 20.4. The summed E-state index contributed by atoms with van der Waals surface area (Å²) in [5, 5.41) is 14.3. The van der Waals surface area contributed by atoms with Crippen LogP contribution >= 0.6 is 11.6 Å². The van der Waals surface area contributed by atoms with Crippen LogP contribution < -0.4 is 15.1 Å². The number of para-hydroxylation sites is 1. The Bertz CT molecular complexity index is 1050. The second kappa shape index (κ2) is 8.88. The molecule has 1 aromatic heterocycles. The molecule has 6 nitrogen and oxygen atoms in total. The zero-order valence-electron chi connectivity index (χ0n) is 17.3. The highest BCUT2D eigenvalue weighted by Gasteiger charge is 2.23. The molecule has 1 N–H and O–H groups in total. The zero-order valence-corrected chi connectivity index (χ0v) is 18.1. The van der Waals surface area contributed by atoms with Gasteiger partial charge in [-0.2, -0.15) is 0 Å². The summed E-state index contributed by atoms with van der Waals surface area (Å²) in [6, 6.07) is 15.9. The topological polar surface area (TPSA) is 61.4 Å². The maximum Gasteiger partial charge on any atom is 0.272 e. The number of anilines is 2. The van der Waals surface area contributed by atoms with Crippen molar-refractivity contribution in [2.45, 2.75) is 26.3 Å². The number of nitrogens with one attached hydrogen (secondary N) is 1. The fraction of sp³-hybridized carbons (Fsp3) is 0.348. The van der Waals surface area contributed by atoms with Gasteiger partial charge in [0.25, 0.3) is 5.91 Å². The van der Waals surface area contributed by atoms with Crippen molar-refractivity contribution in [3.8, 4) is 0 Å². The number of aromatic nitrogens is 2. The molecule has 0 saturated carbocycles. The van der Waals surface area contributed by atoms with Gasteiger partial charge in [-0.3, -0.25) is 4.79 Å². The lowest BCUT2D eigenvalue weighted by molar-refractivity contribution is 0.0935. The van der Waals surface area contributed by atoms with E-state index >= 15 is 0 Å². The first-order valence-corrected chi connectivity index (χ1v) is 10.8. The Hall–Kier alpha value is -2.86. The van der Waals surface area contributed by atoms with Crippen LogP contribution in [0.1, 0.15) is 30.8 Å². The molecule has 2 aromatic carbocycles.